The number of hydrogen-bond donors (Lipinski definition) is 2. The summed E-state index contributed by atoms with van der Waals surface area (Å²) >= 11 is 5.88. The van der Waals surface area contributed by atoms with Gasteiger partial charge in [-0.1, -0.05) is 41.9 Å². The van der Waals surface area contributed by atoms with Crippen molar-refractivity contribution in [1.29, 1.82) is 0 Å². The molecule has 0 heterocycles. The molecule has 0 saturated heterocycles. The molecule has 0 aliphatic heterocycles. The molecular formula is C13H11BClFO3. The third kappa shape index (κ3) is 2.58. The minimum atomic E-state index is -2.01. The Balaban J connectivity index is 2.72. The fourth-order valence-electron chi connectivity index (χ4n) is 1.83. The Kier molecular flexibility index (Phi) is 4.09. The molecule has 0 aliphatic rings. The van der Waals surface area contributed by atoms with Crippen molar-refractivity contribution in [3.05, 3.63) is 47.2 Å². The van der Waals surface area contributed by atoms with Crippen LogP contribution >= 0.6 is 11.6 Å². The first-order valence-corrected chi connectivity index (χ1v) is 5.91. The lowest BCUT2D eigenvalue weighted by Crippen LogP contribution is -2.34. The van der Waals surface area contributed by atoms with Crippen molar-refractivity contribution >= 4 is 24.2 Å². The number of ether oxygens (including phenoxy) is 1. The summed E-state index contributed by atoms with van der Waals surface area (Å²) in [6.07, 6.45) is 0. The fraction of sp³-hybridized carbons (Fsp3) is 0.0769. The minimum Gasteiger partial charge on any atom is -0.495 e. The Bertz CT molecular complexity index is 590. The lowest BCUT2D eigenvalue weighted by atomic mass is 9.78. The highest BCUT2D eigenvalue weighted by atomic mass is 35.5. The van der Waals surface area contributed by atoms with E-state index in [0.29, 0.717) is 5.56 Å². The van der Waals surface area contributed by atoms with Gasteiger partial charge in [0.2, 0.25) is 0 Å². The van der Waals surface area contributed by atoms with E-state index in [0.717, 1.165) is 0 Å². The first kappa shape index (κ1) is 13.9. The molecule has 0 radical (unpaired) electrons. The summed E-state index contributed by atoms with van der Waals surface area (Å²) in [4.78, 5) is 0. The van der Waals surface area contributed by atoms with Gasteiger partial charge in [0, 0.05) is 11.0 Å². The quantitative estimate of drug-likeness (QED) is 0.844. The SMILES string of the molecule is COc1cc(-c2ccccc2)c(F)c(B(O)O)c1Cl. The highest BCUT2D eigenvalue weighted by Gasteiger charge is 2.26. The molecule has 0 atom stereocenters. The van der Waals surface area contributed by atoms with Crippen LogP contribution < -0.4 is 10.2 Å². The zero-order valence-corrected chi connectivity index (χ0v) is 10.9. The van der Waals surface area contributed by atoms with Crippen molar-refractivity contribution in [3.63, 3.8) is 0 Å². The molecule has 0 unspecified atom stereocenters. The summed E-state index contributed by atoms with van der Waals surface area (Å²) in [5.74, 6) is -0.586. The van der Waals surface area contributed by atoms with Crippen molar-refractivity contribution in [2.24, 2.45) is 0 Å². The van der Waals surface area contributed by atoms with Gasteiger partial charge in [-0.3, -0.25) is 0 Å². The normalized spacial score (nSPS) is 10.4. The fourth-order valence-corrected chi connectivity index (χ4v) is 2.15. The molecular weight excluding hydrogens is 269 g/mol. The Morgan fingerprint density at radius 3 is 2.37 bits per heavy atom. The van der Waals surface area contributed by atoms with E-state index in [4.69, 9.17) is 16.3 Å². The molecule has 0 fully saturated rings. The second-order valence-electron chi connectivity index (χ2n) is 3.91. The lowest BCUT2D eigenvalue weighted by molar-refractivity contribution is 0.410. The number of methoxy groups -OCH3 is 1. The van der Waals surface area contributed by atoms with E-state index in [1.165, 1.54) is 13.2 Å². The molecule has 0 spiro atoms. The number of hydrogen-bond acceptors (Lipinski definition) is 3. The Morgan fingerprint density at radius 1 is 1.21 bits per heavy atom. The summed E-state index contributed by atoms with van der Waals surface area (Å²) in [6.45, 7) is 0. The van der Waals surface area contributed by atoms with E-state index in [9.17, 15) is 14.4 Å². The topological polar surface area (TPSA) is 49.7 Å². The van der Waals surface area contributed by atoms with Gasteiger partial charge < -0.3 is 14.8 Å². The van der Waals surface area contributed by atoms with Gasteiger partial charge >= 0.3 is 7.12 Å². The Morgan fingerprint density at radius 2 is 1.84 bits per heavy atom. The smallest absolute Gasteiger partial charge is 0.493 e. The highest BCUT2D eigenvalue weighted by molar-refractivity contribution is 6.63. The lowest BCUT2D eigenvalue weighted by Gasteiger charge is -2.14. The van der Waals surface area contributed by atoms with Crippen molar-refractivity contribution in [2.45, 2.75) is 0 Å². The van der Waals surface area contributed by atoms with Crippen molar-refractivity contribution < 1.29 is 19.2 Å². The average molecular weight is 280 g/mol. The first-order valence-electron chi connectivity index (χ1n) is 5.53. The van der Waals surface area contributed by atoms with E-state index in [2.05, 4.69) is 0 Å². The molecule has 0 aliphatic carbocycles. The summed E-state index contributed by atoms with van der Waals surface area (Å²) in [5.41, 5.74) is 0.404. The van der Waals surface area contributed by atoms with E-state index in [1.54, 1.807) is 30.3 Å². The standard InChI is InChI=1S/C13H11BClFO3/c1-19-10-7-9(8-5-3-2-4-6-8)13(16)11(12(10)15)14(17)18/h2-7,17-18H,1H3. The maximum absolute atomic E-state index is 14.3. The minimum absolute atomic E-state index is 0.144. The van der Waals surface area contributed by atoms with Crippen LogP contribution in [0.15, 0.2) is 36.4 Å². The van der Waals surface area contributed by atoms with Crippen LogP contribution in [0, 0.1) is 5.82 Å². The summed E-state index contributed by atoms with van der Waals surface area (Å²) < 4.78 is 19.4. The van der Waals surface area contributed by atoms with Crippen LogP contribution in [0.4, 0.5) is 4.39 Å². The molecule has 19 heavy (non-hydrogen) atoms. The van der Waals surface area contributed by atoms with Crippen LogP contribution in [0.5, 0.6) is 5.75 Å². The second kappa shape index (κ2) is 5.61. The number of rotatable bonds is 3. The van der Waals surface area contributed by atoms with Crippen molar-refractivity contribution in [2.75, 3.05) is 7.11 Å². The zero-order chi connectivity index (χ0) is 14.0. The van der Waals surface area contributed by atoms with Gasteiger partial charge in [-0.2, -0.15) is 0 Å². The monoisotopic (exact) mass is 280 g/mol. The van der Waals surface area contributed by atoms with Crippen LogP contribution in [0.2, 0.25) is 5.02 Å². The maximum Gasteiger partial charge on any atom is 0.493 e. The van der Waals surface area contributed by atoms with Gasteiger partial charge in [0.25, 0.3) is 0 Å². The predicted octanol–water partition coefficient (Wildman–Crippen LogP) is 1.83. The van der Waals surface area contributed by atoms with Crippen LogP contribution in [-0.2, 0) is 0 Å². The highest BCUT2D eigenvalue weighted by Crippen LogP contribution is 2.31. The first-order chi connectivity index (χ1) is 9.06. The summed E-state index contributed by atoms with van der Waals surface area (Å²) in [5, 5.41) is 18.4. The molecule has 2 aromatic rings. The van der Waals surface area contributed by atoms with E-state index >= 15 is 0 Å². The van der Waals surface area contributed by atoms with Gasteiger partial charge in [0.15, 0.2) is 0 Å². The van der Waals surface area contributed by atoms with Crippen LogP contribution in [0.25, 0.3) is 11.1 Å². The molecule has 98 valence electrons. The van der Waals surface area contributed by atoms with E-state index in [-0.39, 0.29) is 21.8 Å². The van der Waals surface area contributed by atoms with Crippen LogP contribution in [0.1, 0.15) is 0 Å². The third-order valence-corrected chi connectivity index (χ3v) is 3.15. The van der Waals surface area contributed by atoms with Gasteiger partial charge in [-0.15, -0.1) is 0 Å². The van der Waals surface area contributed by atoms with Gasteiger partial charge in [-0.05, 0) is 11.6 Å². The summed E-state index contributed by atoms with van der Waals surface area (Å²) in [7, 11) is -0.633. The van der Waals surface area contributed by atoms with E-state index < -0.39 is 12.9 Å². The van der Waals surface area contributed by atoms with Crippen molar-refractivity contribution in [1.82, 2.24) is 0 Å². The maximum atomic E-state index is 14.3. The molecule has 2 rings (SSSR count). The van der Waals surface area contributed by atoms with Crippen LogP contribution in [-0.4, -0.2) is 24.3 Å². The summed E-state index contributed by atoms with van der Waals surface area (Å²) in [6, 6.07) is 10.2. The molecule has 0 bridgehead atoms. The Hall–Kier alpha value is -1.56. The molecule has 2 aromatic carbocycles. The van der Waals surface area contributed by atoms with Gasteiger partial charge in [0.1, 0.15) is 11.6 Å². The molecule has 6 heteroatoms. The number of halogens is 2. The molecule has 0 aromatic heterocycles. The van der Waals surface area contributed by atoms with E-state index in [1.807, 2.05) is 0 Å². The van der Waals surface area contributed by atoms with Crippen molar-refractivity contribution in [3.8, 4) is 16.9 Å². The molecule has 0 amide bonds. The van der Waals surface area contributed by atoms with Crippen LogP contribution in [0.3, 0.4) is 0 Å². The zero-order valence-electron chi connectivity index (χ0n) is 10.1. The van der Waals surface area contributed by atoms with Gasteiger partial charge in [-0.25, -0.2) is 4.39 Å². The Labute approximate surface area is 115 Å². The third-order valence-electron chi connectivity index (χ3n) is 2.76. The average Bonchev–Trinajstić information content (AvgIpc) is 2.39. The molecule has 0 saturated carbocycles. The number of benzene rings is 2. The largest absolute Gasteiger partial charge is 0.495 e. The molecule has 2 N–H and O–H groups in total. The molecule has 3 nitrogen and oxygen atoms in total. The van der Waals surface area contributed by atoms with Gasteiger partial charge in [0.05, 0.1) is 12.1 Å². The second-order valence-corrected chi connectivity index (χ2v) is 4.29. The predicted molar refractivity (Wildman–Crippen MR) is 73.2 cm³/mol.